The molecule has 1 aliphatic carbocycles. The molecule has 146 valence electrons. The van der Waals surface area contributed by atoms with Gasteiger partial charge in [-0.25, -0.2) is 0 Å². The first-order valence-electron chi connectivity index (χ1n) is 9.63. The van der Waals surface area contributed by atoms with E-state index in [0.29, 0.717) is 35.6 Å². The molecule has 0 heterocycles. The van der Waals surface area contributed by atoms with E-state index in [9.17, 15) is 14.4 Å². The lowest BCUT2D eigenvalue weighted by Crippen LogP contribution is -2.30. The van der Waals surface area contributed by atoms with Gasteiger partial charge in [-0.15, -0.1) is 0 Å². The fourth-order valence-electron chi connectivity index (χ4n) is 2.89. The van der Waals surface area contributed by atoms with E-state index in [0.717, 1.165) is 12.8 Å². The molecule has 2 N–H and O–H groups in total. The summed E-state index contributed by atoms with van der Waals surface area (Å²) in [5, 5.41) is 5.67. The number of nitrogens with one attached hydrogen (secondary N) is 2. The van der Waals surface area contributed by atoms with Gasteiger partial charge in [-0.05, 0) is 75.2 Å². The normalized spacial score (nSPS) is 12.9. The zero-order valence-corrected chi connectivity index (χ0v) is 16.2. The van der Waals surface area contributed by atoms with Crippen molar-refractivity contribution < 1.29 is 14.4 Å². The van der Waals surface area contributed by atoms with E-state index < -0.39 is 0 Å². The van der Waals surface area contributed by atoms with Crippen molar-refractivity contribution in [3.05, 3.63) is 59.7 Å². The van der Waals surface area contributed by atoms with Crippen molar-refractivity contribution >= 4 is 29.1 Å². The van der Waals surface area contributed by atoms with Crippen LogP contribution >= 0.6 is 0 Å². The van der Waals surface area contributed by atoms with E-state index in [1.165, 1.54) is 0 Å². The maximum atomic E-state index is 12.4. The molecule has 3 rings (SSSR count). The zero-order chi connectivity index (χ0) is 20.1. The summed E-state index contributed by atoms with van der Waals surface area (Å²) in [4.78, 5) is 38.3. The number of carbonyl (C=O) groups excluding carboxylic acids is 3. The zero-order valence-electron chi connectivity index (χ0n) is 16.2. The first-order valence-corrected chi connectivity index (χ1v) is 9.63. The third kappa shape index (κ3) is 4.76. The first-order chi connectivity index (χ1) is 13.5. The van der Waals surface area contributed by atoms with Gasteiger partial charge < -0.3 is 15.5 Å². The third-order valence-corrected chi connectivity index (χ3v) is 4.80. The molecule has 1 aliphatic rings. The lowest BCUT2D eigenvalue weighted by atomic mass is 10.1. The number of carbonyl (C=O) groups is 3. The molecular formula is C22H25N3O3. The minimum absolute atomic E-state index is 0.0216. The summed E-state index contributed by atoms with van der Waals surface area (Å²) in [6.07, 6.45) is 1.90. The van der Waals surface area contributed by atoms with Crippen LogP contribution in [-0.4, -0.2) is 35.7 Å². The van der Waals surface area contributed by atoms with Gasteiger partial charge in [0.2, 0.25) is 5.91 Å². The molecule has 0 spiro atoms. The van der Waals surface area contributed by atoms with Gasteiger partial charge in [0.05, 0.1) is 0 Å². The quantitative estimate of drug-likeness (QED) is 0.769. The molecule has 2 aromatic carbocycles. The van der Waals surface area contributed by atoms with Crippen LogP contribution in [0.2, 0.25) is 0 Å². The van der Waals surface area contributed by atoms with Gasteiger partial charge in [0.15, 0.2) is 0 Å². The maximum absolute atomic E-state index is 12.4. The van der Waals surface area contributed by atoms with Crippen molar-refractivity contribution in [3.8, 4) is 0 Å². The molecule has 3 amide bonds. The number of hydrogen-bond acceptors (Lipinski definition) is 3. The number of anilines is 2. The predicted octanol–water partition coefficient (Wildman–Crippen LogP) is 3.77. The van der Waals surface area contributed by atoms with Crippen LogP contribution in [-0.2, 0) is 4.79 Å². The Labute approximate surface area is 164 Å². The van der Waals surface area contributed by atoms with E-state index in [-0.39, 0.29) is 23.6 Å². The van der Waals surface area contributed by atoms with E-state index in [1.54, 1.807) is 53.4 Å². The highest BCUT2D eigenvalue weighted by Crippen LogP contribution is 2.30. The molecule has 1 saturated carbocycles. The summed E-state index contributed by atoms with van der Waals surface area (Å²) in [6.45, 7) is 5.20. The Balaban J connectivity index is 1.59. The minimum Gasteiger partial charge on any atom is -0.339 e. The molecule has 0 bridgehead atoms. The van der Waals surface area contributed by atoms with Crippen molar-refractivity contribution in [2.75, 3.05) is 23.7 Å². The molecule has 0 unspecified atom stereocenters. The minimum atomic E-state index is -0.247. The maximum Gasteiger partial charge on any atom is 0.255 e. The van der Waals surface area contributed by atoms with Crippen LogP contribution in [0.15, 0.2) is 48.5 Å². The van der Waals surface area contributed by atoms with Gasteiger partial charge in [-0.2, -0.15) is 0 Å². The number of amides is 3. The Bertz CT molecular complexity index is 852. The summed E-state index contributed by atoms with van der Waals surface area (Å²) in [5.41, 5.74) is 2.39. The van der Waals surface area contributed by atoms with Crippen LogP contribution in [0.5, 0.6) is 0 Å². The highest BCUT2D eigenvalue weighted by Gasteiger charge is 2.29. The van der Waals surface area contributed by atoms with Crippen LogP contribution in [0.25, 0.3) is 0 Å². The average Bonchev–Trinajstić information content (AvgIpc) is 3.55. The lowest BCUT2D eigenvalue weighted by molar-refractivity contribution is -0.117. The molecule has 1 fully saturated rings. The number of rotatable bonds is 7. The van der Waals surface area contributed by atoms with Gasteiger partial charge in [0.1, 0.15) is 0 Å². The van der Waals surface area contributed by atoms with Gasteiger partial charge in [-0.1, -0.05) is 0 Å². The van der Waals surface area contributed by atoms with Gasteiger partial charge in [-0.3, -0.25) is 14.4 Å². The van der Waals surface area contributed by atoms with Crippen molar-refractivity contribution in [2.45, 2.75) is 26.7 Å². The van der Waals surface area contributed by atoms with Crippen molar-refractivity contribution in [1.82, 2.24) is 4.90 Å². The first kappa shape index (κ1) is 19.6. The molecule has 0 saturated heterocycles. The molecular weight excluding hydrogens is 354 g/mol. The van der Waals surface area contributed by atoms with Gasteiger partial charge >= 0.3 is 0 Å². The molecule has 6 nitrogen and oxygen atoms in total. The smallest absolute Gasteiger partial charge is 0.255 e. The van der Waals surface area contributed by atoms with Gasteiger partial charge in [0.25, 0.3) is 11.8 Å². The highest BCUT2D eigenvalue weighted by molar-refractivity contribution is 6.05. The standard InChI is InChI=1S/C22H25N3O3/c1-3-25(4-2)22(28)17-9-13-19(14-10-17)24-21(27)16-7-11-18(12-8-16)23-20(26)15-5-6-15/h7-15H,3-6H2,1-2H3,(H,23,26)(H,24,27). The molecule has 0 aromatic heterocycles. The SMILES string of the molecule is CCN(CC)C(=O)c1ccc(NC(=O)c2ccc(NC(=O)C3CC3)cc2)cc1. The Morgan fingerprint density at radius 1 is 0.821 bits per heavy atom. The number of benzene rings is 2. The summed E-state index contributed by atoms with van der Waals surface area (Å²) in [7, 11) is 0. The second-order valence-corrected chi connectivity index (χ2v) is 6.85. The van der Waals surface area contributed by atoms with Crippen LogP contribution in [0.3, 0.4) is 0 Å². The van der Waals surface area contributed by atoms with Crippen molar-refractivity contribution in [3.63, 3.8) is 0 Å². The van der Waals surface area contributed by atoms with E-state index in [2.05, 4.69) is 10.6 Å². The van der Waals surface area contributed by atoms with E-state index in [1.807, 2.05) is 13.8 Å². The van der Waals surface area contributed by atoms with Crippen molar-refractivity contribution in [2.24, 2.45) is 5.92 Å². The lowest BCUT2D eigenvalue weighted by Gasteiger charge is -2.18. The number of hydrogen-bond donors (Lipinski definition) is 2. The fourth-order valence-corrected chi connectivity index (χ4v) is 2.89. The summed E-state index contributed by atoms with van der Waals surface area (Å²) in [6, 6.07) is 13.7. The molecule has 0 aliphatic heterocycles. The van der Waals surface area contributed by atoms with Gasteiger partial charge in [0, 0.05) is 41.5 Å². The molecule has 0 atom stereocenters. The number of nitrogens with zero attached hydrogens (tertiary/aromatic N) is 1. The Morgan fingerprint density at radius 2 is 1.32 bits per heavy atom. The Morgan fingerprint density at radius 3 is 1.82 bits per heavy atom. The molecule has 28 heavy (non-hydrogen) atoms. The monoisotopic (exact) mass is 379 g/mol. The topological polar surface area (TPSA) is 78.5 Å². The van der Waals surface area contributed by atoms with E-state index >= 15 is 0 Å². The van der Waals surface area contributed by atoms with E-state index in [4.69, 9.17) is 0 Å². The fraction of sp³-hybridized carbons (Fsp3) is 0.318. The molecule has 0 radical (unpaired) electrons. The van der Waals surface area contributed by atoms with Crippen molar-refractivity contribution in [1.29, 1.82) is 0 Å². The van der Waals surface area contributed by atoms with Crippen LogP contribution in [0.4, 0.5) is 11.4 Å². The third-order valence-electron chi connectivity index (χ3n) is 4.80. The Hall–Kier alpha value is -3.15. The van der Waals surface area contributed by atoms with Crippen LogP contribution in [0, 0.1) is 5.92 Å². The van der Waals surface area contributed by atoms with Crippen LogP contribution < -0.4 is 10.6 Å². The largest absolute Gasteiger partial charge is 0.339 e. The summed E-state index contributed by atoms with van der Waals surface area (Å²) in [5.74, 6) is -0.0919. The predicted molar refractivity (Wildman–Crippen MR) is 109 cm³/mol. The Kier molecular flexibility index (Phi) is 6.09. The van der Waals surface area contributed by atoms with Crippen LogP contribution in [0.1, 0.15) is 47.4 Å². The second kappa shape index (κ2) is 8.69. The summed E-state index contributed by atoms with van der Waals surface area (Å²) >= 11 is 0. The molecule has 6 heteroatoms. The summed E-state index contributed by atoms with van der Waals surface area (Å²) < 4.78 is 0. The molecule has 2 aromatic rings. The average molecular weight is 379 g/mol. The highest BCUT2D eigenvalue weighted by atomic mass is 16.2. The second-order valence-electron chi connectivity index (χ2n) is 6.85.